The Bertz CT molecular complexity index is 369. The van der Waals surface area contributed by atoms with Crippen molar-refractivity contribution in [3.63, 3.8) is 0 Å². The highest BCUT2D eigenvalue weighted by Crippen LogP contribution is 2.39. The topological polar surface area (TPSA) is 105 Å². The third kappa shape index (κ3) is 14.6. The highest BCUT2D eigenvalue weighted by Gasteiger charge is 2.44. The zero-order chi connectivity index (χ0) is 18.8. The molecular weight excluding hydrogens is 344 g/mol. The van der Waals surface area contributed by atoms with E-state index in [0.717, 1.165) is 7.11 Å². The van der Waals surface area contributed by atoms with Crippen LogP contribution in [0, 0.1) is 11.8 Å². The van der Waals surface area contributed by atoms with Crippen LogP contribution in [0.15, 0.2) is 0 Å². The lowest BCUT2D eigenvalue weighted by Crippen LogP contribution is -2.37. The Morgan fingerprint density at radius 2 is 1.48 bits per heavy atom. The van der Waals surface area contributed by atoms with E-state index in [1.54, 1.807) is 0 Å². The molecule has 0 aliphatic heterocycles. The number of phosphoric ester groups is 1. The van der Waals surface area contributed by atoms with Gasteiger partial charge in [-0.1, -0.05) is 27.7 Å². The Hall–Kier alpha value is -0.670. The van der Waals surface area contributed by atoms with E-state index in [-0.39, 0.29) is 25.0 Å². The van der Waals surface area contributed by atoms with Crippen LogP contribution in [0.5, 0.6) is 0 Å². The fourth-order valence-corrected chi connectivity index (χ4v) is 1.80. The Balaban J connectivity index is 0. The molecule has 140 valence electrons. The fraction of sp³-hybridized carbons (Fsp3) is 0.917. The van der Waals surface area contributed by atoms with Crippen molar-refractivity contribution in [3.8, 4) is 0 Å². The first-order chi connectivity index (χ1) is 10.2. The minimum Gasteiger partial charge on any atom is -0.756 e. The quantitative estimate of drug-likeness (QED) is 0.541. The first-order valence-corrected chi connectivity index (χ1v) is 8.11. The summed E-state index contributed by atoms with van der Waals surface area (Å²) in [5.41, 5.74) is 0. The third-order valence-electron chi connectivity index (χ3n) is 1.87. The molecule has 0 saturated heterocycles. The highest BCUT2D eigenvalue weighted by molar-refractivity contribution is 7.45. The summed E-state index contributed by atoms with van der Waals surface area (Å²) in [5, 5.41) is 8.05. The van der Waals surface area contributed by atoms with Gasteiger partial charge in [-0.05, 0) is 11.8 Å². The Kier molecular flexibility index (Phi) is 11.7. The van der Waals surface area contributed by atoms with Crippen molar-refractivity contribution >= 4 is 13.8 Å². The van der Waals surface area contributed by atoms with Crippen LogP contribution < -0.4 is 4.89 Å². The lowest BCUT2D eigenvalue weighted by atomic mass is 10.2. The summed E-state index contributed by atoms with van der Waals surface area (Å²) in [6, 6.07) is 0. The van der Waals surface area contributed by atoms with Gasteiger partial charge in [0, 0.05) is 0 Å². The van der Waals surface area contributed by atoms with Gasteiger partial charge in [0.1, 0.15) is 0 Å². The van der Waals surface area contributed by atoms with Crippen LogP contribution >= 0.6 is 7.82 Å². The van der Waals surface area contributed by atoms with Crippen molar-refractivity contribution in [1.29, 1.82) is 0 Å². The number of phosphoric acid groups is 1. The van der Waals surface area contributed by atoms with E-state index in [0.29, 0.717) is 0 Å². The molecule has 0 aromatic rings. The van der Waals surface area contributed by atoms with Gasteiger partial charge in [0.05, 0.1) is 20.3 Å². The molecule has 0 aromatic carbocycles. The molecular formula is C12H23F3O7P-. The van der Waals surface area contributed by atoms with Gasteiger partial charge in [0.25, 0.3) is 7.82 Å². The fourth-order valence-electron chi connectivity index (χ4n) is 0.763. The first-order valence-electron chi connectivity index (χ1n) is 6.65. The number of aliphatic hydroxyl groups excluding tert-OH is 1. The zero-order valence-electron chi connectivity index (χ0n) is 13.6. The van der Waals surface area contributed by atoms with E-state index >= 15 is 0 Å². The van der Waals surface area contributed by atoms with Gasteiger partial charge in [-0.15, -0.1) is 0 Å². The van der Waals surface area contributed by atoms with Crippen LogP contribution in [0.2, 0.25) is 0 Å². The maximum atomic E-state index is 11.3. The van der Waals surface area contributed by atoms with Crippen LogP contribution in [0.1, 0.15) is 27.7 Å². The van der Waals surface area contributed by atoms with Gasteiger partial charge in [0.2, 0.25) is 6.10 Å². The van der Waals surface area contributed by atoms with Crippen LogP contribution in [0.4, 0.5) is 13.2 Å². The van der Waals surface area contributed by atoms with Crippen LogP contribution in [-0.4, -0.2) is 43.7 Å². The molecule has 1 unspecified atom stereocenters. The number of carbonyl (C=O) groups excluding carboxylic acids is 1. The second-order valence-electron chi connectivity index (χ2n) is 5.29. The molecule has 1 N–H and O–H groups in total. The number of aliphatic hydroxyl groups is 1. The monoisotopic (exact) mass is 367 g/mol. The van der Waals surface area contributed by atoms with Crippen molar-refractivity contribution in [2.75, 3.05) is 20.3 Å². The summed E-state index contributed by atoms with van der Waals surface area (Å²) in [6.45, 7) is 7.87. The third-order valence-corrected chi connectivity index (χ3v) is 2.80. The van der Waals surface area contributed by atoms with Gasteiger partial charge in [-0.2, -0.15) is 13.2 Å². The van der Waals surface area contributed by atoms with E-state index in [1.807, 2.05) is 27.7 Å². The predicted molar refractivity (Wildman–Crippen MR) is 73.3 cm³/mol. The molecule has 0 rings (SSSR count). The molecule has 23 heavy (non-hydrogen) atoms. The summed E-state index contributed by atoms with van der Waals surface area (Å²) < 4.78 is 57.9. The smallest absolute Gasteiger partial charge is 0.425 e. The van der Waals surface area contributed by atoms with Crippen LogP contribution in [0.25, 0.3) is 0 Å². The average Bonchev–Trinajstić information content (AvgIpc) is 2.41. The molecule has 0 heterocycles. The number of carbonyl (C=O) groups is 1. The van der Waals surface area contributed by atoms with E-state index in [1.165, 1.54) is 0 Å². The second kappa shape index (κ2) is 11.0. The molecule has 0 saturated carbocycles. The standard InChI is InChI=1S/C8H19O4P.C4H5F3O3/c1-7(2)5-11-13(9,10)12-6-8(3)4;1-10-3(9)2(8)4(5,6)7/h7-8H,5-6H2,1-4H3,(H,9,10);2,8H,1H3/p-1. The van der Waals surface area contributed by atoms with Crippen molar-refractivity contribution in [3.05, 3.63) is 0 Å². The van der Waals surface area contributed by atoms with Gasteiger partial charge < -0.3 is 23.8 Å². The minimum atomic E-state index is -4.94. The van der Waals surface area contributed by atoms with Crippen molar-refractivity contribution in [2.24, 2.45) is 11.8 Å². The molecule has 0 aromatic heterocycles. The number of esters is 1. The lowest BCUT2D eigenvalue weighted by molar-refractivity contribution is -0.227. The van der Waals surface area contributed by atoms with Crippen LogP contribution in [0.3, 0.4) is 0 Å². The maximum Gasteiger partial charge on any atom is 0.425 e. The molecule has 0 spiro atoms. The molecule has 0 bridgehead atoms. The highest BCUT2D eigenvalue weighted by atomic mass is 31.2. The summed E-state index contributed by atoms with van der Waals surface area (Å²) >= 11 is 0. The molecule has 11 heteroatoms. The summed E-state index contributed by atoms with van der Waals surface area (Å²) in [7, 11) is -3.29. The number of hydrogen-bond acceptors (Lipinski definition) is 7. The number of rotatable bonds is 7. The maximum absolute atomic E-state index is 11.3. The van der Waals surface area contributed by atoms with Gasteiger partial charge >= 0.3 is 12.1 Å². The van der Waals surface area contributed by atoms with E-state index in [2.05, 4.69) is 13.8 Å². The molecule has 0 amide bonds. The van der Waals surface area contributed by atoms with E-state index in [9.17, 15) is 27.4 Å². The average molecular weight is 367 g/mol. The number of methoxy groups -OCH3 is 1. The normalized spacial score (nSPS) is 13.6. The Morgan fingerprint density at radius 3 is 1.65 bits per heavy atom. The van der Waals surface area contributed by atoms with E-state index in [4.69, 9.17) is 5.11 Å². The zero-order valence-corrected chi connectivity index (χ0v) is 14.5. The molecule has 7 nitrogen and oxygen atoms in total. The predicted octanol–water partition coefficient (Wildman–Crippen LogP) is 1.88. The molecule has 0 fully saturated rings. The number of ether oxygens (including phenoxy) is 1. The van der Waals surface area contributed by atoms with Crippen molar-refractivity contribution in [2.45, 2.75) is 40.0 Å². The van der Waals surface area contributed by atoms with Crippen molar-refractivity contribution in [1.82, 2.24) is 0 Å². The molecule has 0 aliphatic rings. The Morgan fingerprint density at radius 1 is 1.13 bits per heavy atom. The van der Waals surface area contributed by atoms with Gasteiger partial charge in [-0.25, -0.2) is 4.79 Å². The van der Waals surface area contributed by atoms with Gasteiger partial charge in [-0.3, -0.25) is 4.57 Å². The summed E-state index contributed by atoms with van der Waals surface area (Å²) in [5.74, 6) is -1.33. The van der Waals surface area contributed by atoms with Crippen molar-refractivity contribution < 1.29 is 46.3 Å². The minimum absolute atomic E-state index is 0.179. The van der Waals surface area contributed by atoms with E-state index < -0.39 is 26.1 Å². The molecule has 0 radical (unpaired) electrons. The summed E-state index contributed by atoms with van der Waals surface area (Å²) in [4.78, 5) is 21.0. The molecule has 1 atom stereocenters. The second-order valence-corrected chi connectivity index (χ2v) is 6.70. The summed E-state index contributed by atoms with van der Waals surface area (Å²) in [6.07, 6.45) is -7.97. The van der Waals surface area contributed by atoms with Gasteiger partial charge in [0.15, 0.2) is 0 Å². The van der Waals surface area contributed by atoms with Crippen LogP contribution in [-0.2, 0) is 23.1 Å². The SMILES string of the molecule is CC(C)COP(=O)([O-])OCC(C)C.COC(=O)C(O)C(F)(F)F. The number of halogens is 3. The Labute approximate surface area is 133 Å². The number of alkyl halides is 3. The molecule has 0 aliphatic carbocycles. The lowest BCUT2D eigenvalue weighted by Gasteiger charge is -2.24. The number of hydrogen-bond donors (Lipinski definition) is 1. The largest absolute Gasteiger partial charge is 0.756 e. The first kappa shape index (κ1) is 24.6.